The van der Waals surface area contributed by atoms with Gasteiger partial charge in [0.25, 0.3) is 5.91 Å². The predicted octanol–water partition coefficient (Wildman–Crippen LogP) is 4.90. The van der Waals surface area contributed by atoms with Gasteiger partial charge in [-0.3, -0.25) is 9.89 Å². The molecule has 0 spiro atoms. The number of carbonyl (C=O) groups is 2. The zero-order valence-corrected chi connectivity index (χ0v) is 18.8. The Labute approximate surface area is 184 Å². The van der Waals surface area contributed by atoms with Gasteiger partial charge in [-0.15, -0.1) is 11.8 Å². The van der Waals surface area contributed by atoms with E-state index >= 15 is 0 Å². The van der Waals surface area contributed by atoms with Crippen LogP contribution in [0.25, 0.3) is 0 Å². The maximum Gasteiger partial charge on any atom is 0.410 e. The van der Waals surface area contributed by atoms with Crippen LogP contribution in [0.1, 0.15) is 55.7 Å². The number of ether oxygens (including phenoxy) is 1. The number of halogens is 1. The van der Waals surface area contributed by atoms with Crippen LogP contribution in [0, 0.1) is 0 Å². The van der Waals surface area contributed by atoms with Crippen LogP contribution in [-0.4, -0.2) is 51.0 Å². The monoisotopic (exact) mass is 448 g/mol. The second-order valence-corrected chi connectivity index (χ2v) is 10.4. The van der Waals surface area contributed by atoms with Gasteiger partial charge in [0.2, 0.25) is 0 Å². The number of anilines is 1. The van der Waals surface area contributed by atoms with Crippen molar-refractivity contribution >= 4 is 41.1 Å². The maximum atomic E-state index is 12.5. The topological polar surface area (TPSA) is 87.3 Å². The van der Waals surface area contributed by atoms with Crippen molar-refractivity contribution in [2.24, 2.45) is 0 Å². The van der Waals surface area contributed by atoms with Crippen molar-refractivity contribution in [2.75, 3.05) is 18.4 Å². The van der Waals surface area contributed by atoms with Crippen LogP contribution < -0.4 is 5.32 Å². The number of hydrogen-bond acceptors (Lipinski definition) is 5. The molecule has 9 heteroatoms. The summed E-state index contributed by atoms with van der Waals surface area (Å²) in [5.74, 6) is 0.0798. The first-order valence-corrected chi connectivity index (χ1v) is 11.2. The molecule has 2 aliphatic rings. The molecule has 1 saturated heterocycles. The van der Waals surface area contributed by atoms with Crippen molar-refractivity contribution in [3.8, 4) is 0 Å². The molecule has 7 nitrogen and oxygen atoms in total. The molecule has 2 amide bonds. The Morgan fingerprint density at radius 3 is 2.50 bits per heavy atom. The van der Waals surface area contributed by atoms with E-state index in [1.807, 2.05) is 45.0 Å². The van der Waals surface area contributed by atoms with Crippen LogP contribution in [0.5, 0.6) is 0 Å². The van der Waals surface area contributed by atoms with Gasteiger partial charge in [0, 0.05) is 34.8 Å². The number of thioether (sulfide) groups is 1. The van der Waals surface area contributed by atoms with Crippen molar-refractivity contribution in [2.45, 2.75) is 55.3 Å². The molecule has 30 heavy (non-hydrogen) atoms. The van der Waals surface area contributed by atoms with E-state index in [1.165, 1.54) is 0 Å². The van der Waals surface area contributed by atoms with E-state index in [1.54, 1.807) is 16.7 Å². The molecule has 1 aromatic carbocycles. The number of nitrogens with zero attached hydrogens (tertiary/aromatic N) is 2. The summed E-state index contributed by atoms with van der Waals surface area (Å²) in [6.45, 7) is 6.92. The first-order valence-electron chi connectivity index (χ1n) is 9.99. The summed E-state index contributed by atoms with van der Waals surface area (Å²) < 4.78 is 5.38. The summed E-state index contributed by atoms with van der Waals surface area (Å²) in [6, 6.07) is 7.62. The summed E-state index contributed by atoms with van der Waals surface area (Å²) in [7, 11) is 0. The van der Waals surface area contributed by atoms with Crippen LogP contribution in [0.3, 0.4) is 0 Å². The highest BCUT2D eigenvalue weighted by atomic mass is 35.5. The Morgan fingerprint density at radius 1 is 1.23 bits per heavy atom. The molecule has 160 valence electrons. The van der Waals surface area contributed by atoms with E-state index in [0.717, 1.165) is 23.4 Å². The van der Waals surface area contributed by atoms with Crippen molar-refractivity contribution in [1.82, 2.24) is 15.1 Å². The first-order chi connectivity index (χ1) is 14.2. The van der Waals surface area contributed by atoms with E-state index in [-0.39, 0.29) is 17.7 Å². The molecular weight excluding hydrogens is 424 g/mol. The third kappa shape index (κ3) is 4.92. The molecule has 0 bridgehead atoms. The smallest absolute Gasteiger partial charge is 0.410 e. The zero-order valence-electron chi connectivity index (χ0n) is 17.2. The highest BCUT2D eigenvalue weighted by Gasteiger charge is 2.34. The van der Waals surface area contributed by atoms with Crippen LogP contribution in [0.15, 0.2) is 29.2 Å². The van der Waals surface area contributed by atoms with Crippen molar-refractivity contribution in [1.29, 1.82) is 0 Å². The SMILES string of the molecule is CC(C)(C)OC(=O)N1CC(Sc2ccc(NC(=O)c3n[nH]c(C4CC4)c3Cl)cc2)C1. The van der Waals surface area contributed by atoms with Gasteiger partial charge in [0.05, 0.1) is 10.7 Å². The Morgan fingerprint density at radius 2 is 1.90 bits per heavy atom. The lowest BCUT2D eigenvalue weighted by Crippen LogP contribution is -2.53. The Hall–Kier alpha value is -2.19. The van der Waals surface area contributed by atoms with Crippen molar-refractivity contribution in [3.63, 3.8) is 0 Å². The molecule has 2 N–H and O–H groups in total. The van der Waals surface area contributed by atoms with Gasteiger partial charge in [0.15, 0.2) is 5.69 Å². The average molecular weight is 449 g/mol. The fourth-order valence-corrected chi connectivity index (χ4v) is 4.63. The number of amides is 2. The third-order valence-electron chi connectivity index (χ3n) is 4.85. The van der Waals surface area contributed by atoms with Crippen LogP contribution in [-0.2, 0) is 4.74 Å². The summed E-state index contributed by atoms with van der Waals surface area (Å²) >= 11 is 8.01. The number of hydrogen-bond donors (Lipinski definition) is 2. The number of H-pyrrole nitrogens is 1. The molecule has 0 atom stereocenters. The molecule has 4 rings (SSSR count). The summed E-state index contributed by atoms with van der Waals surface area (Å²) in [4.78, 5) is 27.3. The van der Waals surface area contributed by atoms with Crippen LogP contribution in [0.2, 0.25) is 5.02 Å². The van der Waals surface area contributed by atoms with Gasteiger partial charge < -0.3 is 15.0 Å². The van der Waals surface area contributed by atoms with Crippen molar-refractivity contribution in [3.05, 3.63) is 40.7 Å². The van der Waals surface area contributed by atoms with Gasteiger partial charge in [0.1, 0.15) is 5.60 Å². The lowest BCUT2D eigenvalue weighted by atomic mass is 10.2. The molecule has 2 aromatic rings. The molecule has 0 radical (unpaired) electrons. The van der Waals surface area contributed by atoms with Crippen molar-refractivity contribution < 1.29 is 14.3 Å². The second kappa shape index (κ2) is 8.15. The molecule has 1 aliphatic heterocycles. The Balaban J connectivity index is 1.27. The lowest BCUT2D eigenvalue weighted by Gasteiger charge is -2.39. The molecule has 1 aliphatic carbocycles. The lowest BCUT2D eigenvalue weighted by molar-refractivity contribution is 0.0144. The van der Waals surface area contributed by atoms with Gasteiger partial charge in [-0.25, -0.2) is 4.79 Å². The van der Waals surface area contributed by atoms with Gasteiger partial charge in [-0.05, 0) is 57.9 Å². The highest BCUT2D eigenvalue weighted by Crippen LogP contribution is 2.42. The van der Waals surface area contributed by atoms with Crippen LogP contribution in [0.4, 0.5) is 10.5 Å². The number of aromatic amines is 1. The molecule has 2 fully saturated rings. The van der Waals surface area contributed by atoms with Gasteiger partial charge in [-0.1, -0.05) is 11.6 Å². The zero-order chi connectivity index (χ0) is 21.5. The quantitative estimate of drug-likeness (QED) is 0.678. The fraction of sp³-hybridized carbons (Fsp3) is 0.476. The summed E-state index contributed by atoms with van der Waals surface area (Å²) in [5, 5.41) is 10.6. The normalized spacial score (nSPS) is 16.9. The molecule has 0 unspecified atom stereocenters. The standard InChI is InChI=1S/C21H25ClN4O3S/c1-21(2,3)29-20(28)26-10-15(11-26)30-14-8-6-13(7-9-14)23-19(27)18-16(22)17(24-25-18)12-4-5-12/h6-9,12,15H,4-5,10-11H2,1-3H3,(H,23,27)(H,24,25). The number of rotatable bonds is 5. The number of aromatic nitrogens is 2. The fourth-order valence-electron chi connectivity index (χ4n) is 3.12. The number of benzene rings is 1. The van der Waals surface area contributed by atoms with Gasteiger partial charge >= 0.3 is 6.09 Å². The van der Waals surface area contributed by atoms with E-state index in [0.29, 0.717) is 35.0 Å². The Bertz CT molecular complexity index is 944. The van der Waals surface area contributed by atoms with E-state index in [9.17, 15) is 9.59 Å². The van der Waals surface area contributed by atoms with E-state index < -0.39 is 5.60 Å². The minimum atomic E-state index is -0.477. The number of carbonyl (C=O) groups excluding carboxylic acids is 2. The third-order valence-corrected chi connectivity index (χ3v) is 6.41. The minimum Gasteiger partial charge on any atom is -0.444 e. The van der Waals surface area contributed by atoms with E-state index in [2.05, 4.69) is 15.5 Å². The molecule has 1 saturated carbocycles. The predicted molar refractivity (Wildman–Crippen MR) is 117 cm³/mol. The largest absolute Gasteiger partial charge is 0.444 e. The molecule has 2 heterocycles. The highest BCUT2D eigenvalue weighted by molar-refractivity contribution is 8.00. The molecular formula is C21H25ClN4O3S. The minimum absolute atomic E-state index is 0.230. The maximum absolute atomic E-state index is 12.5. The first kappa shape index (κ1) is 21.1. The second-order valence-electron chi connectivity index (χ2n) is 8.68. The summed E-state index contributed by atoms with van der Waals surface area (Å²) in [5.41, 5.74) is 1.29. The van der Waals surface area contributed by atoms with Crippen LogP contribution >= 0.6 is 23.4 Å². The average Bonchev–Trinajstić information content (AvgIpc) is 3.39. The van der Waals surface area contributed by atoms with Gasteiger partial charge in [-0.2, -0.15) is 5.10 Å². The Kier molecular flexibility index (Phi) is 5.72. The molecule has 1 aromatic heterocycles. The number of likely N-dealkylation sites (tertiary alicyclic amines) is 1. The number of nitrogens with one attached hydrogen (secondary N) is 2. The van der Waals surface area contributed by atoms with E-state index in [4.69, 9.17) is 16.3 Å². The summed E-state index contributed by atoms with van der Waals surface area (Å²) in [6.07, 6.45) is 1.90.